The van der Waals surface area contributed by atoms with Gasteiger partial charge in [-0.2, -0.15) is 0 Å². The summed E-state index contributed by atoms with van der Waals surface area (Å²) >= 11 is 2.44. The van der Waals surface area contributed by atoms with E-state index in [0.29, 0.717) is 6.10 Å². The average Bonchev–Trinajstić information content (AvgIpc) is 2.00. The molecule has 0 fully saturated rings. The molecular formula is C9H21IOSi. The summed E-state index contributed by atoms with van der Waals surface area (Å²) in [6.45, 7) is 9.02. The Bertz CT molecular complexity index is 117. The topological polar surface area (TPSA) is 9.23 Å². The van der Waals surface area contributed by atoms with E-state index >= 15 is 0 Å². The summed E-state index contributed by atoms with van der Waals surface area (Å²) < 4.78 is 7.29. The molecule has 1 atom stereocenters. The highest BCUT2D eigenvalue weighted by molar-refractivity contribution is 14.1. The Balaban J connectivity index is 3.69. The van der Waals surface area contributed by atoms with Crippen LogP contribution in [-0.4, -0.2) is 18.8 Å². The number of alkyl halides is 1. The molecule has 0 amide bonds. The Morgan fingerprint density at radius 3 is 2.42 bits per heavy atom. The molecule has 0 aromatic carbocycles. The molecule has 0 saturated carbocycles. The van der Waals surface area contributed by atoms with Crippen molar-refractivity contribution in [1.82, 2.24) is 0 Å². The van der Waals surface area contributed by atoms with Gasteiger partial charge in [0.05, 0.1) is 0 Å². The van der Waals surface area contributed by atoms with E-state index in [1.54, 1.807) is 0 Å². The van der Waals surface area contributed by atoms with Gasteiger partial charge < -0.3 is 4.43 Å². The predicted molar refractivity (Wildman–Crippen MR) is 66.6 cm³/mol. The SMILES string of the molecule is CCC(C)O[Si](C)(C)CCCI. The van der Waals surface area contributed by atoms with E-state index in [2.05, 4.69) is 49.5 Å². The Kier molecular flexibility index (Phi) is 6.86. The molecule has 12 heavy (non-hydrogen) atoms. The second-order valence-electron chi connectivity index (χ2n) is 3.89. The highest BCUT2D eigenvalue weighted by Crippen LogP contribution is 2.17. The zero-order valence-electron chi connectivity index (χ0n) is 8.69. The van der Waals surface area contributed by atoms with Gasteiger partial charge in [-0.3, -0.25) is 0 Å². The van der Waals surface area contributed by atoms with E-state index in [4.69, 9.17) is 4.43 Å². The van der Waals surface area contributed by atoms with Crippen molar-refractivity contribution in [3.63, 3.8) is 0 Å². The zero-order valence-corrected chi connectivity index (χ0v) is 11.8. The Hall–Kier alpha value is 0.907. The molecule has 0 aliphatic rings. The summed E-state index contributed by atoms with van der Waals surface area (Å²) in [6, 6.07) is 1.31. The van der Waals surface area contributed by atoms with E-state index in [0.717, 1.165) is 6.42 Å². The van der Waals surface area contributed by atoms with Crippen molar-refractivity contribution in [3.8, 4) is 0 Å². The summed E-state index contributed by atoms with van der Waals surface area (Å²) in [4.78, 5) is 0. The van der Waals surface area contributed by atoms with Crippen molar-refractivity contribution in [2.45, 2.75) is 51.9 Å². The lowest BCUT2D eigenvalue weighted by Gasteiger charge is -2.26. The average molecular weight is 300 g/mol. The first-order valence-corrected chi connectivity index (χ1v) is 9.39. The van der Waals surface area contributed by atoms with Crippen LogP contribution in [0.5, 0.6) is 0 Å². The van der Waals surface area contributed by atoms with Crippen LogP contribution in [0.15, 0.2) is 0 Å². The van der Waals surface area contributed by atoms with Gasteiger partial charge >= 0.3 is 0 Å². The smallest absolute Gasteiger partial charge is 0.187 e. The molecule has 0 rings (SSSR count). The summed E-state index contributed by atoms with van der Waals surface area (Å²) in [7, 11) is -1.31. The third-order valence-electron chi connectivity index (χ3n) is 2.01. The third-order valence-corrected chi connectivity index (χ3v) is 5.37. The first-order valence-electron chi connectivity index (χ1n) is 4.75. The fraction of sp³-hybridized carbons (Fsp3) is 1.00. The summed E-state index contributed by atoms with van der Waals surface area (Å²) in [5.74, 6) is 0. The molecule has 1 unspecified atom stereocenters. The van der Waals surface area contributed by atoms with Crippen molar-refractivity contribution in [2.75, 3.05) is 4.43 Å². The lowest BCUT2D eigenvalue weighted by Crippen LogP contribution is -2.34. The van der Waals surface area contributed by atoms with Crippen molar-refractivity contribution >= 4 is 30.9 Å². The van der Waals surface area contributed by atoms with Crippen LogP contribution in [-0.2, 0) is 4.43 Å². The normalized spacial score (nSPS) is 14.8. The van der Waals surface area contributed by atoms with Crippen LogP contribution in [0.3, 0.4) is 0 Å². The minimum Gasteiger partial charge on any atom is -0.415 e. The molecular weight excluding hydrogens is 279 g/mol. The lowest BCUT2D eigenvalue weighted by atomic mass is 10.3. The van der Waals surface area contributed by atoms with Crippen LogP contribution >= 0.6 is 22.6 Å². The molecule has 0 spiro atoms. The molecule has 0 aromatic rings. The maximum atomic E-state index is 6.02. The Labute approximate surface area is 91.5 Å². The lowest BCUT2D eigenvalue weighted by molar-refractivity contribution is 0.206. The molecule has 0 heterocycles. The molecule has 0 N–H and O–H groups in total. The molecule has 0 aliphatic carbocycles. The molecule has 0 aromatic heterocycles. The van der Waals surface area contributed by atoms with Gasteiger partial charge in [0, 0.05) is 6.10 Å². The van der Waals surface area contributed by atoms with Crippen molar-refractivity contribution in [3.05, 3.63) is 0 Å². The van der Waals surface area contributed by atoms with Gasteiger partial charge in [-0.25, -0.2) is 0 Å². The molecule has 3 heteroatoms. The zero-order chi connectivity index (χ0) is 9.61. The largest absolute Gasteiger partial charge is 0.415 e. The number of halogens is 1. The fourth-order valence-corrected chi connectivity index (χ4v) is 4.68. The van der Waals surface area contributed by atoms with E-state index < -0.39 is 8.32 Å². The monoisotopic (exact) mass is 300 g/mol. The fourth-order valence-electron chi connectivity index (χ4n) is 1.18. The van der Waals surface area contributed by atoms with Crippen LogP contribution < -0.4 is 0 Å². The van der Waals surface area contributed by atoms with Gasteiger partial charge in [-0.15, -0.1) is 0 Å². The Morgan fingerprint density at radius 2 is 2.00 bits per heavy atom. The minimum atomic E-state index is -1.31. The first kappa shape index (κ1) is 12.9. The van der Waals surface area contributed by atoms with E-state index in [-0.39, 0.29) is 0 Å². The Morgan fingerprint density at radius 1 is 1.42 bits per heavy atom. The third kappa shape index (κ3) is 6.43. The molecule has 0 aliphatic heterocycles. The van der Waals surface area contributed by atoms with Crippen LogP contribution in [0.4, 0.5) is 0 Å². The van der Waals surface area contributed by atoms with Crippen LogP contribution in [0.25, 0.3) is 0 Å². The van der Waals surface area contributed by atoms with Gasteiger partial charge in [-0.1, -0.05) is 29.5 Å². The number of rotatable bonds is 6. The summed E-state index contributed by atoms with van der Waals surface area (Å²) in [5.41, 5.74) is 0. The quantitative estimate of drug-likeness (QED) is 0.411. The van der Waals surface area contributed by atoms with E-state index in [1.807, 2.05) is 0 Å². The van der Waals surface area contributed by atoms with Gasteiger partial charge in [0.2, 0.25) is 0 Å². The highest BCUT2D eigenvalue weighted by atomic mass is 127. The maximum Gasteiger partial charge on any atom is 0.187 e. The highest BCUT2D eigenvalue weighted by Gasteiger charge is 2.23. The van der Waals surface area contributed by atoms with Crippen molar-refractivity contribution in [2.24, 2.45) is 0 Å². The van der Waals surface area contributed by atoms with E-state index in [1.165, 1.54) is 16.9 Å². The van der Waals surface area contributed by atoms with Crippen molar-refractivity contribution in [1.29, 1.82) is 0 Å². The van der Waals surface area contributed by atoms with Gasteiger partial charge in [0.25, 0.3) is 0 Å². The van der Waals surface area contributed by atoms with Gasteiger partial charge in [0.15, 0.2) is 8.32 Å². The second kappa shape index (κ2) is 6.37. The van der Waals surface area contributed by atoms with E-state index in [9.17, 15) is 0 Å². The molecule has 0 saturated heterocycles. The van der Waals surface area contributed by atoms with Crippen LogP contribution in [0, 0.1) is 0 Å². The first-order chi connectivity index (χ1) is 5.52. The molecule has 1 nitrogen and oxygen atoms in total. The summed E-state index contributed by atoms with van der Waals surface area (Å²) in [5, 5.41) is 0. The molecule has 74 valence electrons. The standard InChI is InChI=1S/C9H21IOSi/c1-5-9(2)11-12(3,4)8-6-7-10/h9H,5-8H2,1-4H3. The molecule has 0 bridgehead atoms. The van der Waals surface area contributed by atoms with Gasteiger partial charge in [-0.05, 0) is 43.3 Å². The summed E-state index contributed by atoms with van der Waals surface area (Å²) in [6.07, 6.45) is 2.91. The van der Waals surface area contributed by atoms with Crippen LogP contribution in [0.2, 0.25) is 19.1 Å². The minimum absolute atomic E-state index is 0.459. The molecule has 0 radical (unpaired) electrons. The van der Waals surface area contributed by atoms with Crippen LogP contribution in [0.1, 0.15) is 26.7 Å². The number of hydrogen-bond donors (Lipinski definition) is 0. The maximum absolute atomic E-state index is 6.02. The number of hydrogen-bond acceptors (Lipinski definition) is 1. The van der Waals surface area contributed by atoms with Crippen molar-refractivity contribution < 1.29 is 4.43 Å². The van der Waals surface area contributed by atoms with Gasteiger partial charge in [0.1, 0.15) is 0 Å². The second-order valence-corrected chi connectivity index (χ2v) is 9.22. The predicted octanol–water partition coefficient (Wildman–Crippen LogP) is 3.83.